The van der Waals surface area contributed by atoms with E-state index in [-0.39, 0.29) is 5.97 Å². The molecule has 0 spiro atoms. The fourth-order valence-electron chi connectivity index (χ4n) is 1.09. The monoisotopic (exact) mass is 226 g/mol. The van der Waals surface area contributed by atoms with E-state index < -0.39 is 0 Å². The van der Waals surface area contributed by atoms with E-state index in [0.717, 1.165) is 11.3 Å². The van der Waals surface area contributed by atoms with Crippen molar-refractivity contribution in [3.05, 3.63) is 29.8 Å². The van der Waals surface area contributed by atoms with Crippen molar-refractivity contribution in [2.75, 3.05) is 19.3 Å². The van der Waals surface area contributed by atoms with Gasteiger partial charge in [-0.25, -0.2) is 0 Å². The minimum Gasteiger partial charge on any atom is -0.497 e. The molecular weight excluding hydrogens is 212 g/mol. The van der Waals surface area contributed by atoms with Gasteiger partial charge in [0.1, 0.15) is 11.7 Å². The van der Waals surface area contributed by atoms with Gasteiger partial charge in [-0.1, -0.05) is 12.1 Å². The fourth-order valence-corrected chi connectivity index (χ4v) is 1.34. The van der Waals surface area contributed by atoms with E-state index in [2.05, 4.69) is 0 Å². The molecule has 0 aliphatic carbocycles. The molecule has 3 nitrogen and oxygen atoms in total. The van der Waals surface area contributed by atoms with E-state index in [1.807, 2.05) is 30.5 Å². The Morgan fingerprint density at radius 1 is 1.33 bits per heavy atom. The van der Waals surface area contributed by atoms with Gasteiger partial charge in [0.05, 0.1) is 13.5 Å². The van der Waals surface area contributed by atoms with Gasteiger partial charge < -0.3 is 9.47 Å². The molecule has 82 valence electrons. The third-order valence-corrected chi connectivity index (χ3v) is 2.20. The molecule has 0 bridgehead atoms. The summed E-state index contributed by atoms with van der Waals surface area (Å²) in [6, 6.07) is 7.38. The molecule has 0 heterocycles. The van der Waals surface area contributed by atoms with E-state index >= 15 is 0 Å². The molecular formula is C11H14O3S. The summed E-state index contributed by atoms with van der Waals surface area (Å²) in [6.45, 7) is 0. The summed E-state index contributed by atoms with van der Waals surface area (Å²) in [5, 5.41) is 0. The van der Waals surface area contributed by atoms with Gasteiger partial charge in [0.25, 0.3) is 0 Å². The van der Waals surface area contributed by atoms with Gasteiger partial charge in [-0.2, -0.15) is 0 Å². The highest BCUT2D eigenvalue weighted by Gasteiger charge is 2.04. The van der Waals surface area contributed by atoms with Gasteiger partial charge >= 0.3 is 5.97 Å². The molecule has 0 atom stereocenters. The Hall–Kier alpha value is -1.16. The number of hydrogen-bond acceptors (Lipinski definition) is 4. The Bertz CT molecular complexity index is 308. The number of methoxy groups -OCH3 is 1. The van der Waals surface area contributed by atoms with Crippen molar-refractivity contribution in [3.8, 4) is 5.75 Å². The zero-order valence-electron chi connectivity index (χ0n) is 8.86. The molecule has 0 radical (unpaired) electrons. The van der Waals surface area contributed by atoms with Crippen molar-refractivity contribution in [1.29, 1.82) is 0 Å². The zero-order valence-corrected chi connectivity index (χ0v) is 9.67. The second-order valence-corrected chi connectivity index (χ2v) is 3.76. The van der Waals surface area contributed by atoms with Crippen LogP contribution in [0, 0.1) is 0 Å². The first kappa shape index (κ1) is 11.9. The van der Waals surface area contributed by atoms with E-state index in [4.69, 9.17) is 9.47 Å². The van der Waals surface area contributed by atoms with Crippen molar-refractivity contribution in [1.82, 2.24) is 0 Å². The second kappa shape index (κ2) is 6.35. The Morgan fingerprint density at radius 3 is 2.53 bits per heavy atom. The lowest BCUT2D eigenvalue weighted by atomic mass is 10.1. The number of thioether (sulfide) groups is 1. The summed E-state index contributed by atoms with van der Waals surface area (Å²) in [7, 11) is 1.61. The molecule has 0 aliphatic rings. The van der Waals surface area contributed by atoms with Crippen molar-refractivity contribution in [2.24, 2.45) is 0 Å². The molecule has 0 amide bonds. The van der Waals surface area contributed by atoms with Crippen LogP contribution >= 0.6 is 11.8 Å². The predicted octanol–water partition coefficient (Wildman–Crippen LogP) is 2.10. The third-order valence-electron chi connectivity index (χ3n) is 1.85. The first-order chi connectivity index (χ1) is 7.26. The Kier molecular flexibility index (Phi) is 5.04. The van der Waals surface area contributed by atoms with Crippen LogP contribution in [0.3, 0.4) is 0 Å². The summed E-state index contributed by atoms with van der Waals surface area (Å²) >= 11 is 1.48. The summed E-state index contributed by atoms with van der Waals surface area (Å²) < 4.78 is 9.96. The Labute approximate surface area is 93.8 Å². The van der Waals surface area contributed by atoms with Gasteiger partial charge in [-0.3, -0.25) is 4.79 Å². The van der Waals surface area contributed by atoms with Gasteiger partial charge in [0.15, 0.2) is 0 Å². The molecule has 1 aromatic rings. The van der Waals surface area contributed by atoms with Crippen LogP contribution in [0.1, 0.15) is 5.56 Å². The van der Waals surface area contributed by atoms with Gasteiger partial charge in [-0.05, 0) is 24.0 Å². The van der Waals surface area contributed by atoms with E-state index in [9.17, 15) is 4.79 Å². The SMILES string of the molecule is COc1ccc(CC(=O)OCSC)cc1. The average Bonchev–Trinajstić information content (AvgIpc) is 2.27. The van der Waals surface area contributed by atoms with Gasteiger partial charge in [0.2, 0.25) is 0 Å². The summed E-state index contributed by atoms with van der Waals surface area (Å²) in [6.07, 6.45) is 2.20. The molecule has 0 fully saturated rings. The highest BCUT2D eigenvalue weighted by Crippen LogP contribution is 2.12. The Balaban J connectivity index is 2.46. The van der Waals surface area contributed by atoms with Crippen molar-refractivity contribution < 1.29 is 14.3 Å². The van der Waals surface area contributed by atoms with Crippen LogP contribution in [0.4, 0.5) is 0 Å². The summed E-state index contributed by atoms with van der Waals surface area (Å²) in [5.41, 5.74) is 0.932. The van der Waals surface area contributed by atoms with Crippen LogP contribution in [-0.4, -0.2) is 25.3 Å². The predicted molar refractivity (Wildman–Crippen MR) is 61.2 cm³/mol. The number of hydrogen-bond donors (Lipinski definition) is 0. The number of carbonyl (C=O) groups excluding carboxylic acids is 1. The van der Waals surface area contributed by atoms with Crippen LogP contribution in [0.5, 0.6) is 5.75 Å². The maximum atomic E-state index is 11.3. The molecule has 1 aromatic carbocycles. The lowest BCUT2D eigenvalue weighted by molar-refractivity contribution is -0.140. The van der Waals surface area contributed by atoms with Crippen LogP contribution in [-0.2, 0) is 16.0 Å². The molecule has 0 saturated carbocycles. The molecule has 1 rings (SSSR count). The number of benzene rings is 1. The molecule has 0 aliphatic heterocycles. The lowest BCUT2D eigenvalue weighted by Crippen LogP contribution is -2.07. The second-order valence-electron chi connectivity index (χ2n) is 2.95. The molecule has 0 N–H and O–H groups in total. The minimum atomic E-state index is -0.200. The van der Waals surface area contributed by atoms with Crippen LogP contribution in [0.2, 0.25) is 0 Å². The van der Waals surface area contributed by atoms with E-state index in [1.165, 1.54) is 11.8 Å². The molecule has 0 saturated heterocycles. The number of esters is 1. The number of ether oxygens (including phenoxy) is 2. The smallest absolute Gasteiger partial charge is 0.311 e. The van der Waals surface area contributed by atoms with E-state index in [1.54, 1.807) is 7.11 Å². The topological polar surface area (TPSA) is 35.5 Å². The standard InChI is InChI=1S/C11H14O3S/c1-13-10-5-3-9(4-6-10)7-11(12)14-8-15-2/h3-6H,7-8H2,1-2H3. The zero-order chi connectivity index (χ0) is 11.1. The van der Waals surface area contributed by atoms with Crippen molar-refractivity contribution in [2.45, 2.75) is 6.42 Å². The van der Waals surface area contributed by atoms with Gasteiger partial charge in [0, 0.05) is 0 Å². The first-order valence-corrected chi connectivity index (χ1v) is 5.93. The Morgan fingerprint density at radius 2 is 2.00 bits per heavy atom. The average molecular weight is 226 g/mol. The maximum Gasteiger partial charge on any atom is 0.311 e. The van der Waals surface area contributed by atoms with Gasteiger partial charge in [-0.15, -0.1) is 11.8 Å². The highest BCUT2D eigenvalue weighted by atomic mass is 32.2. The van der Waals surface area contributed by atoms with Crippen LogP contribution in [0.15, 0.2) is 24.3 Å². The normalized spacial score (nSPS) is 9.73. The molecule has 0 unspecified atom stereocenters. The van der Waals surface area contributed by atoms with Crippen molar-refractivity contribution in [3.63, 3.8) is 0 Å². The fraction of sp³-hybridized carbons (Fsp3) is 0.364. The minimum absolute atomic E-state index is 0.200. The van der Waals surface area contributed by atoms with Crippen molar-refractivity contribution >= 4 is 17.7 Å². The first-order valence-electron chi connectivity index (χ1n) is 4.53. The third kappa shape index (κ3) is 4.25. The summed E-state index contributed by atoms with van der Waals surface area (Å²) in [4.78, 5) is 11.3. The quantitative estimate of drug-likeness (QED) is 0.569. The van der Waals surface area contributed by atoms with Crippen LogP contribution in [0.25, 0.3) is 0 Å². The maximum absolute atomic E-state index is 11.3. The molecule has 4 heteroatoms. The molecule has 15 heavy (non-hydrogen) atoms. The number of rotatable bonds is 5. The lowest BCUT2D eigenvalue weighted by Gasteiger charge is -2.04. The van der Waals surface area contributed by atoms with E-state index in [0.29, 0.717) is 12.4 Å². The van der Waals surface area contributed by atoms with Crippen LogP contribution < -0.4 is 4.74 Å². The summed E-state index contributed by atoms with van der Waals surface area (Å²) in [5.74, 6) is 1.00. The number of carbonyl (C=O) groups is 1. The molecule has 0 aromatic heterocycles. The largest absolute Gasteiger partial charge is 0.497 e. The highest BCUT2D eigenvalue weighted by molar-refractivity contribution is 7.98.